The zero-order valence-electron chi connectivity index (χ0n) is 9.93. The van der Waals surface area contributed by atoms with Gasteiger partial charge < -0.3 is 4.90 Å². The lowest BCUT2D eigenvalue weighted by Gasteiger charge is -2.34. The number of nitrogens with zero attached hydrogens (tertiary/aromatic N) is 3. The van der Waals surface area contributed by atoms with Crippen molar-refractivity contribution in [3.63, 3.8) is 0 Å². The standard InChI is InChI=1S/C12H15F2N3O/c13-11(14)12(18)17-6-4-16(5-7-17)9-10-2-1-3-15-8-10/h1-3,8,11H,4-7,9H2. The number of aromatic nitrogens is 1. The van der Waals surface area contributed by atoms with Gasteiger partial charge in [0.25, 0.3) is 5.91 Å². The van der Waals surface area contributed by atoms with Gasteiger partial charge in [-0.2, -0.15) is 8.78 Å². The summed E-state index contributed by atoms with van der Waals surface area (Å²) in [5, 5.41) is 0. The van der Waals surface area contributed by atoms with E-state index in [2.05, 4.69) is 9.88 Å². The van der Waals surface area contributed by atoms with Crippen molar-refractivity contribution in [1.29, 1.82) is 0 Å². The fraction of sp³-hybridized carbons (Fsp3) is 0.500. The maximum absolute atomic E-state index is 12.2. The van der Waals surface area contributed by atoms with E-state index in [1.807, 2.05) is 12.1 Å². The molecule has 4 nitrogen and oxygen atoms in total. The molecule has 0 bridgehead atoms. The highest BCUT2D eigenvalue weighted by Gasteiger charge is 2.26. The maximum atomic E-state index is 12.2. The highest BCUT2D eigenvalue weighted by Crippen LogP contribution is 2.09. The molecule has 18 heavy (non-hydrogen) atoms. The molecule has 0 atom stereocenters. The highest BCUT2D eigenvalue weighted by molar-refractivity contribution is 5.79. The molecule has 0 aromatic carbocycles. The number of hydrogen-bond acceptors (Lipinski definition) is 3. The van der Waals surface area contributed by atoms with Crippen molar-refractivity contribution < 1.29 is 13.6 Å². The van der Waals surface area contributed by atoms with Gasteiger partial charge in [0.05, 0.1) is 0 Å². The SMILES string of the molecule is O=C(C(F)F)N1CCN(Cc2cccnc2)CC1. The Balaban J connectivity index is 1.82. The van der Waals surface area contributed by atoms with Crippen molar-refractivity contribution >= 4 is 5.91 Å². The third kappa shape index (κ3) is 3.22. The van der Waals surface area contributed by atoms with Crippen molar-refractivity contribution in [3.8, 4) is 0 Å². The van der Waals surface area contributed by atoms with Gasteiger partial charge in [-0.05, 0) is 11.6 Å². The van der Waals surface area contributed by atoms with Crippen molar-refractivity contribution in [2.24, 2.45) is 0 Å². The number of pyridine rings is 1. The summed E-state index contributed by atoms with van der Waals surface area (Å²) in [5.74, 6) is -1.06. The Morgan fingerprint density at radius 2 is 2.06 bits per heavy atom. The Labute approximate surface area is 104 Å². The quantitative estimate of drug-likeness (QED) is 0.808. The number of piperazine rings is 1. The van der Waals surface area contributed by atoms with E-state index < -0.39 is 12.3 Å². The summed E-state index contributed by atoms with van der Waals surface area (Å²) >= 11 is 0. The van der Waals surface area contributed by atoms with Crippen LogP contribution in [0.15, 0.2) is 24.5 Å². The highest BCUT2D eigenvalue weighted by atomic mass is 19.3. The zero-order chi connectivity index (χ0) is 13.0. The second-order valence-corrected chi connectivity index (χ2v) is 4.26. The number of alkyl halides is 2. The molecule has 0 unspecified atom stereocenters. The monoisotopic (exact) mass is 255 g/mol. The summed E-state index contributed by atoms with van der Waals surface area (Å²) in [4.78, 5) is 18.5. The minimum absolute atomic E-state index is 0.365. The van der Waals surface area contributed by atoms with Crippen LogP contribution in [0.3, 0.4) is 0 Å². The van der Waals surface area contributed by atoms with Crippen LogP contribution < -0.4 is 0 Å². The first-order valence-electron chi connectivity index (χ1n) is 5.85. The van der Waals surface area contributed by atoms with E-state index in [0.717, 1.165) is 12.1 Å². The second kappa shape index (κ2) is 5.86. The summed E-state index contributed by atoms with van der Waals surface area (Å²) in [5.41, 5.74) is 1.09. The van der Waals surface area contributed by atoms with Crippen molar-refractivity contribution in [1.82, 2.24) is 14.8 Å². The molecule has 2 heterocycles. The largest absolute Gasteiger partial charge is 0.335 e. The summed E-state index contributed by atoms with van der Waals surface area (Å²) in [6.07, 6.45) is 0.606. The van der Waals surface area contributed by atoms with Crippen molar-refractivity contribution in [2.45, 2.75) is 13.0 Å². The molecular weight excluding hydrogens is 240 g/mol. The second-order valence-electron chi connectivity index (χ2n) is 4.26. The molecule has 1 aromatic heterocycles. The Morgan fingerprint density at radius 1 is 1.33 bits per heavy atom. The molecule has 0 radical (unpaired) electrons. The van der Waals surface area contributed by atoms with Crippen LogP contribution in [0.5, 0.6) is 0 Å². The first kappa shape index (κ1) is 12.9. The average Bonchev–Trinajstić information content (AvgIpc) is 2.40. The van der Waals surface area contributed by atoms with E-state index in [0.29, 0.717) is 26.2 Å². The molecule has 1 saturated heterocycles. The van der Waals surface area contributed by atoms with Gasteiger partial charge in [0.2, 0.25) is 0 Å². The van der Waals surface area contributed by atoms with Crippen LogP contribution >= 0.6 is 0 Å². The number of amides is 1. The van der Waals surface area contributed by atoms with Crippen LogP contribution in [0.2, 0.25) is 0 Å². The van der Waals surface area contributed by atoms with Crippen LogP contribution in [0.25, 0.3) is 0 Å². The Morgan fingerprint density at radius 3 is 2.61 bits per heavy atom. The van der Waals surface area contributed by atoms with E-state index in [9.17, 15) is 13.6 Å². The topological polar surface area (TPSA) is 36.4 Å². The lowest BCUT2D eigenvalue weighted by Crippen LogP contribution is -2.49. The van der Waals surface area contributed by atoms with E-state index in [1.54, 1.807) is 12.4 Å². The Bertz CT molecular complexity index is 392. The van der Waals surface area contributed by atoms with Crippen LogP contribution in [0.4, 0.5) is 8.78 Å². The normalized spacial score (nSPS) is 17.2. The number of carbonyl (C=O) groups excluding carboxylic acids is 1. The van der Waals surface area contributed by atoms with Gasteiger partial charge in [-0.3, -0.25) is 14.7 Å². The number of rotatable bonds is 3. The van der Waals surface area contributed by atoms with Gasteiger partial charge in [-0.25, -0.2) is 0 Å². The van der Waals surface area contributed by atoms with E-state index >= 15 is 0 Å². The van der Waals surface area contributed by atoms with Gasteiger partial charge in [-0.15, -0.1) is 0 Å². The van der Waals surface area contributed by atoms with Gasteiger partial charge in [0.1, 0.15) is 0 Å². The molecule has 1 aliphatic rings. The van der Waals surface area contributed by atoms with Gasteiger partial charge in [0, 0.05) is 45.1 Å². The number of halogens is 2. The predicted molar refractivity (Wildman–Crippen MR) is 62.1 cm³/mol. The molecule has 0 N–H and O–H groups in total. The number of hydrogen-bond donors (Lipinski definition) is 0. The third-order valence-electron chi connectivity index (χ3n) is 3.00. The smallest absolute Gasteiger partial charge is 0.315 e. The Kier molecular flexibility index (Phi) is 4.19. The first-order valence-corrected chi connectivity index (χ1v) is 5.85. The summed E-state index contributed by atoms with van der Waals surface area (Å²) in [6.45, 7) is 2.71. The van der Waals surface area contributed by atoms with Gasteiger partial charge in [-0.1, -0.05) is 6.07 Å². The van der Waals surface area contributed by atoms with Crippen molar-refractivity contribution in [2.75, 3.05) is 26.2 Å². The molecule has 98 valence electrons. The fourth-order valence-corrected chi connectivity index (χ4v) is 2.01. The minimum atomic E-state index is -2.89. The lowest BCUT2D eigenvalue weighted by molar-refractivity contribution is -0.144. The Hall–Kier alpha value is -1.56. The summed E-state index contributed by atoms with van der Waals surface area (Å²) < 4.78 is 24.5. The average molecular weight is 255 g/mol. The first-order chi connectivity index (χ1) is 8.66. The lowest BCUT2D eigenvalue weighted by atomic mass is 10.2. The summed E-state index contributed by atoms with van der Waals surface area (Å²) in [7, 11) is 0. The molecule has 0 spiro atoms. The van der Waals surface area contributed by atoms with Crippen LogP contribution in [-0.2, 0) is 11.3 Å². The van der Waals surface area contributed by atoms with E-state index in [1.165, 1.54) is 4.90 Å². The van der Waals surface area contributed by atoms with Crippen LogP contribution in [0, 0.1) is 0 Å². The van der Waals surface area contributed by atoms with Crippen LogP contribution in [0.1, 0.15) is 5.56 Å². The molecule has 1 amide bonds. The van der Waals surface area contributed by atoms with E-state index in [-0.39, 0.29) is 0 Å². The molecule has 1 aliphatic heterocycles. The predicted octanol–water partition coefficient (Wildman–Crippen LogP) is 0.991. The molecule has 1 aromatic rings. The molecule has 2 rings (SSSR count). The van der Waals surface area contributed by atoms with Crippen LogP contribution in [-0.4, -0.2) is 53.3 Å². The van der Waals surface area contributed by atoms with Gasteiger partial charge >= 0.3 is 6.43 Å². The zero-order valence-corrected chi connectivity index (χ0v) is 9.93. The summed E-state index contributed by atoms with van der Waals surface area (Å²) in [6, 6.07) is 3.84. The molecule has 0 aliphatic carbocycles. The molecular formula is C12H15F2N3O. The molecule has 0 saturated carbocycles. The molecule has 6 heteroatoms. The maximum Gasteiger partial charge on any atom is 0.315 e. The minimum Gasteiger partial charge on any atom is -0.335 e. The van der Waals surface area contributed by atoms with Crippen molar-refractivity contribution in [3.05, 3.63) is 30.1 Å². The fourth-order valence-electron chi connectivity index (χ4n) is 2.01. The van der Waals surface area contributed by atoms with E-state index in [4.69, 9.17) is 0 Å². The third-order valence-corrected chi connectivity index (χ3v) is 3.00. The molecule has 1 fully saturated rings. The van der Waals surface area contributed by atoms with Gasteiger partial charge in [0.15, 0.2) is 0 Å². The number of carbonyl (C=O) groups is 1.